The standard InChI is InChI=1S/C26H34N8O5/c1-24(2)10-4-6-13-14(5-3-7-15(13)24)21(37)30-17-12-34-23(28)29-16(11-33-18(35)8-9-19(33)36)20-25(34,26(17,38)39)32-22(27)31-20/h3,5,7,16-17,20,38-39H,4,6,8-12H2,1-2H3,(H2,28,29)(H,30,37)(H3,27,31,32)/t16-,17?,20?,25?/m0/s1. The highest BCUT2D eigenvalue weighted by Crippen LogP contribution is 2.45. The molecule has 1 aliphatic carbocycles. The van der Waals surface area contributed by atoms with Crippen LogP contribution in [0.5, 0.6) is 0 Å². The van der Waals surface area contributed by atoms with Crippen LogP contribution in [0.1, 0.15) is 61.0 Å². The van der Waals surface area contributed by atoms with Gasteiger partial charge in [0, 0.05) is 24.9 Å². The van der Waals surface area contributed by atoms with Gasteiger partial charge < -0.3 is 37.2 Å². The number of guanidine groups is 2. The lowest BCUT2D eigenvalue weighted by molar-refractivity contribution is -0.230. The van der Waals surface area contributed by atoms with Gasteiger partial charge in [-0.1, -0.05) is 26.0 Å². The SMILES string of the molecule is CC1(C)CCCc2c(C(=O)NC3CN4C(N)=N[C@@H](CN5C(=O)CCC5=O)C5N=C(N)NC54C3(O)O)cccc21. The second kappa shape index (κ2) is 8.39. The molecule has 6 rings (SSSR count). The van der Waals surface area contributed by atoms with Gasteiger partial charge in [-0.3, -0.25) is 19.3 Å². The maximum Gasteiger partial charge on any atom is 0.252 e. The van der Waals surface area contributed by atoms with Crippen LogP contribution in [0.25, 0.3) is 0 Å². The highest BCUT2D eigenvalue weighted by Gasteiger charge is 2.73. The molecule has 2 saturated heterocycles. The van der Waals surface area contributed by atoms with Gasteiger partial charge in [-0.05, 0) is 41.9 Å². The highest BCUT2D eigenvalue weighted by molar-refractivity contribution is 6.02. The van der Waals surface area contributed by atoms with E-state index in [9.17, 15) is 24.6 Å². The Labute approximate surface area is 225 Å². The molecular formula is C26H34N8O5. The van der Waals surface area contributed by atoms with Gasteiger partial charge >= 0.3 is 0 Å². The van der Waals surface area contributed by atoms with Crippen molar-refractivity contribution in [1.29, 1.82) is 0 Å². The monoisotopic (exact) mass is 538 g/mol. The number of nitrogens with zero attached hydrogens (tertiary/aromatic N) is 4. The van der Waals surface area contributed by atoms with Crippen LogP contribution in [0.4, 0.5) is 0 Å². The fourth-order valence-corrected chi connectivity index (χ4v) is 7.03. The third-order valence-corrected chi connectivity index (χ3v) is 9.01. The summed E-state index contributed by atoms with van der Waals surface area (Å²) in [5.74, 6) is -3.82. The molecule has 0 saturated carbocycles. The van der Waals surface area contributed by atoms with E-state index in [0.717, 1.165) is 35.3 Å². The fourth-order valence-electron chi connectivity index (χ4n) is 7.03. The van der Waals surface area contributed by atoms with Gasteiger partial charge in [0.25, 0.3) is 5.91 Å². The normalized spacial score (nSPS) is 32.2. The molecular weight excluding hydrogens is 504 g/mol. The van der Waals surface area contributed by atoms with Crippen molar-refractivity contribution in [3.63, 3.8) is 0 Å². The van der Waals surface area contributed by atoms with Crippen molar-refractivity contribution < 1.29 is 24.6 Å². The van der Waals surface area contributed by atoms with Crippen LogP contribution in [-0.2, 0) is 21.4 Å². The molecule has 0 bridgehead atoms. The van der Waals surface area contributed by atoms with Gasteiger partial charge in [0.2, 0.25) is 17.6 Å². The molecule has 13 heteroatoms. The minimum absolute atomic E-state index is 0.0455. The third-order valence-electron chi connectivity index (χ3n) is 9.01. The first kappa shape index (κ1) is 25.6. The Morgan fingerprint density at radius 2 is 1.87 bits per heavy atom. The second-order valence-electron chi connectivity index (χ2n) is 11.7. The highest BCUT2D eigenvalue weighted by atomic mass is 16.5. The van der Waals surface area contributed by atoms with Crippen molar-refractivity contribution in [3.8, 4) is 0 Å². The largest absolute Gasteiger partial charge is 0.370 e. The van der Waals surface area contributed by atoms with E-state index in [-0.39, 0.29) is 55.1 Å². The molecule has 3 amide bonds. The van der Waals surface area contributed by atoms with Crippen LogP contribution in [0.15, 0.2) is 28.2 Å². The number of carbonyl (C=O) groups excluding carboxylic acids is 3. The fraction of sp³-hybridized carbons (Fsp3) is 0.577. The van der Waals surface area contributed by atoms with Crippen LogP contribution in [0, 0.1) is 0 Å². The van der Waals surface area contributed by atoms with Crippen molar-refractivity contribution >= 4 is 29.6 Å². The van der Waals surface area contributed by atoms with Crippen molar-refractivity contribution in [2.45, 2.75) is 80.9 Å². The van der Waals surface area contributed by atoms with Crippen LogP contribution in [0.2, 0.25) is 0 Å². The molecule has 2 fully saturated rings. The quantitative estimate of drug-likeness (QED) is 0.190. The van der Waals surface area contributed by atoms with E-state index in [1.54, 1.807) is 6.07 Å². The van der Waals surface area contributed by atoms with Gasteiger partial charge in [0.05, 0.1) is 12.6 Å². The molecule has 3 unspecified atom stereocenters. The molecule has 5 aliphatic rings. The minimum Gasteiger partial charge on any atom is -0.370 e. The van der Waals surface area contributed by atoms with Gasteiger partial charge in [0.1, 0.15) is 12.1 Å². The number of amides is 3. The van der Waals surface area contributed by atoms with Gasteiger partial charge in [-0.25, -0.2) is 9.98 Å². The molecule has 4 atom stereocenters. The van der Waals surface area contributed by atoms with Crippen molar-refractivity contribution in [3.05, 3.63) is 34.9 Å². The zero-order valence-corrected chi connectivity index (χ0v) is 22.0. The number of likely N-dealkylation sites (tertiary alicyclic amines) is 1. The Hall–Kier alpha value is -3.71. The lowest BCUT2D eigenvalue weighted by Gasteiger charge is -2.49. The number of hydrogen-bond donors (Lipinski definition) is 6. The zero-order chi connectivity index (χ0) is 27.9. The summed E-state index contributed by atoms with van der Waals surface area (Å²) in [6.45, 7) is 4.10. The first-order chi connectivity index (χ1) is 18.4. The predicted molar refractivity (Wildman–Crippen MR) is 140 cm³/mol. The number of aliphatic hydroxyl groups is 2. The van der Waals surface area contributed by atoms with Gasteiger partial charge in [-0.2, -0.15) is 0 Å². The summed E-state index contributed by atoms with van der Waals surface area (Å²) < 4.78 is 0. The average Bonchev–Trinajstić information content (AvgIpc) is 3.46. The predicted octanol–water partition coefficient (Wildman–Crippen LogP) is -1.78. The maximum atomic E-state index is 13.6. The Kier molecular flexibility index (Phi) is 5.50. The molecule has 4 aliphatic heterocycles. The lowest BCUT2D eigenvalue weighted by atomic mass is 9.71. The molecule has 208 valence electrons. The van der Waals surface area contributed by atoms with E-state index in [1.165, 1.54) is 4.90 Å². The summed E-state index contributed by atoms with van der Waals surface area (Å²) in [4.78, 5) is 49.6. The van der Waals surface area contributed by atoms with Crippen LogP contribution in [-0.4, -0.2) is 92.3 Å². The Morgan fingerprint density at radius 3 is 2.59 bits per heavy atom. The maximum absolute atomic E-state index is 13.6. The molecule has 0 aromatic heterocycles. The van der Waals surface area contributed by atoms with Crippen molar-refractivity contribution in [2.24, 2.45) is 21.5 Å². The number of nitrogens with one attached hydrogen (secondary N) is 2. The molecule has 1 aromatic carbocycles. The zero-order valence-electron chi connectivity index (χ0n) is 22.0. The Bertz CT molecular complexity index is 1320. The van der Waals surface area contributed by atoms with E-state index < -0.39 is 35.5 Å². The van der Waals surface area contributed by atoms with Crippen molar-refractivity contribution in [2.75, 3.05) is 13.1 Å². The third kappa shape index (κ3) is 3.55. The Morgan fingerprint density at radius 1 is 1.15 bits per heavy atom. The number of fused-ring (bicyclic) bond motifs is 1. The molecule has 1 spiro atoms. The first-order valence-electron chi connectivity index (χ1n) is 13.3. The van der Waals surface area contributed by atoms with Gasteiger partial charge in [-0.15, -0.1) is 0 Å². The van der Waals surface area contributed by atoms with E-state index in [4.69, 9.17) is 11.5 Å². The average molecular weight is 539 g/mol. The van der Waals surface area contributed by atoms with E-state index in [0.29, 0.717) is 5.56 Å². The van der Waals surface area contributed by atoms with Crippen molar-refractivity contribution in [1.82, 2.24) is 20.4 Å². The minimum atomic E-state index is -2.61. The lowest BCUT2D eigenvalue weighted by Crippen LogP contribution is -2.78. The molecule has 13 nitrogen and oxygen atoms in total. The molecule has 1 aromatic rings. The number of carbonyl (C=O) groups is 3. The number of benzene rings is 1. The first-order valence-corrected chi connectivity index (χ1v) is 13.3. The smallest absolute Gasteiger partial charge is 0.252 e. The summed E-state index contributed by atoms with van der Waals surface area (Å²) >= 11 is 0. The molecule has 4 heterocycles. The Balaban J connectivity index is 1.32. The van der Waals surface area contributed by atoms with E-state index in [1.807, 2.05) is 12.1 Å². The topological polar surface area (TPSA) is 199 Å². The summed E-state index contributed by atoms with van der Waals surface area (Å²) in [6.07, 6.45) is 2.94. The summed E-state index contributed by atoms with van der Waals surface area (Å²) in [6, 6.07) is 2.56. The summed E-state index contributed by atoms with van der Waals surface area (Å²) in [7, 11) is 0. The molecule has 39 heavy (non-hydrogen) atoms. The van der Waals surface area contributed by atoms with Crippen LogP contribution in [0.3, 0.4) is 0 Å². The van der Waals surface area contributed by atoms with E-state index in [2.05, 4.69) is 34.5 Å². The molecule has 8 N–H and O–H groups in total. The molecule has 0 radical (unpaired) electrons. The van der Waals surface area contributed by atoms with Gasteiger partial charge in [0.15, 0.2) is 17.6 Å². The second-order valence-corrected chi connectivity index (χ2v) is 11.7. The number of imide groups is 1. The summed E-state index contributed by atoms with van der Waals surface area (Å²) in [5, 5.41) is 29.1. The number of rotatable bonds is 4. The number of hydrogen-bond acceptors (Lipinski definition) is 11. The van der Waals surface area contributed by atoms with Crippen LogP contribution < -0.4 is 22.1 Å². The number of nitrogens with two attached hydrogens (primary N) is 2. The number of aliphatic imine (C=N–C) groups is 2. The van der Waals surface area contributed by atoms with E-state index >= 15 is 0 Å². The van der Waals surface area contributed by atoms with Crippen LogP contribution >= 0.6 is 0 Å². The summed E-state index contributed by atoms with van der Waals surface area (Å²) in [5.41, 5.74) is 13.1.